The highest BCUT2D eigenvalue weighted by molar-refractivity contribution is 5.75. The fourth-order valence-electron chi connectivity index (χ4n) is 7.93. The summed E-state index contributed by atoms with van der Waals surface area (Å²) in [6, 6.07) is -0.804. The number of esters is 2. The summed E-state index contributed by atoms with van der Waals surface area (Å²) in [5.74, 6) is -3.24. The van der Waals surface area contributed by atoms with Crippen LogP contribution in [0.2, 0.25) is 0 Å². The summed E-state index contributed by atoms with van der Waals surface area (Å²) in [6.45, 7) is 20.4. The van der Waals surface area contributed by atoms with Crippen LogP contribution >= 0.6 is 0 Å². The smallest absolute Gasteiger partial charge is 0.312 e. The van der Waals surface area contributed by atoms with E-state index in [-0.39, 0.29) is 37.3 Å². The van der Waals surface area contributed by atoms with Crippen LogP contribution in [-0.2, 0) is 28.5 Å². The normalized spacial score (nSPS) is 41.8. The Kier molecular flexibility index (Phi) is 17.1. The third-order valence-corrected chi connectivity index (χ3v) is 11.2. The Morgan fingerprint density at radius 3 is 2.18 bits per heavy atom. The number of carbonyl (C=O) groups excluding carboxylic acids is 2. The Morgan fingerprint density at radius 1 is 1.04 bits per heavy atom. The molecule has 0 saturated carbocycles. The summed E-state index contributed by atoms with van der Waals surface area (Å²) in [6.07, 6.45) is -5.83. The van der Waals surface area contributed by atoms with Crippen molar-refractivity contribution in [3.05, 3.63) is 0 Å². The number of cyclic esters (lactones) is 1. The predicted molar refractivity (Wildman–Crippen MR) is 191 cm³/mol. The molecule has 2 rings (SSSR count). The van der Waals surface area contributed by atoms with Gasteiger partial charge in [-0.25, -0.2) is 0 Å². The van der Waals surface area contributed by atoms with Crippen LogP contribution in [0.15, 0.2) is 0 Å². The molecule has 0 unspecified atom stereocenters. The second-order valence-electron chi connectivity index (χ2n) is 15.9. The van der Waals surface area contributed by atoms with E-state index in [2.05, 4.69) is 4.90 Å². The molecule has 0 aromatic rings. The number of ether oxygens (including phenoxy) is 4. The Morgan fingerprint density at radius 2 is 1.64 bits per heavy atom. The third kappa shape index (κ3) is 11.3. The van der Waals surface area contributed by atoms with E-state index < -0.39 is 77.8 Å². The minimum absolute atomic E-state index is 0.0841. The maximum absolute atomic E-state index is 14.0. The van der Waals surface area contributed by atoms with Crippen molar-refractivity contribution < 1.29 is 49.0 Å². The van der Waals surface area contributed by atoms with Crippen molar-refractivity contribution >= 4 is 11.9 Å². The molecule has 2 heterocycles. The van der Waals surface area contributed by atoms with Gasteiger partial charge in [-0.1, -0.05) is 34.6 Å². The van der Waals surface area contributed by atoms with Gasteiger partial charge in [0.05, 0.1) is 30.1 Å². The zero-order valence-corrected chi connectivity index (χ0v) is 33.2. The van der Waals surface area contributed by atoms with Crippen molar-refractivity contribution in [2.24, 2.45) is 17.8 Å². The van der Waals surface area contributed by atoms with Crippen LogP contribution in [0.1, 0.15) is 94.9 Å². The highest BCUT2D eigenvalue weighted by Gasteiger charge is 2.51. The van der Waals surface area contributed by atoms with Crippen molar-refractivity contribution in [1.82, 2.24) is 14.7 Å². The van der Waals surface area contributed by atoms with Gasteiger partial charge in [-0.05, 0) is 94.0 Å². The molecule has 2 fully saturated rings. The van der Waals surface area contributed by atoms with Gasteiger partial charge in [-0.3, -0.25) is 9.59 Å². The number of nitrogens with zero attached hydrogens (tertiary/aromatic N) is 3. The van der Waals surface area contributed by atoms with Crippen LogP contribution < -0.4 is 0 Å². The third-order valence-electron chi connectivity index (χ3n) is 11.2. The lowest BCUT2D eigenvalue weighted by Gasteiger charge is -2.47. The largest absolute Gasteiger partial charge is 0.461 e. The fourth-order valence-corrected chi connectivity index (χ4v) is 7.93. The molecule has 0 aliphatic carbocycles. The molecule has 0 amide bonds. The SMILES string of the molecule is CC[C@H]1OC(=O)[C@H](C)[C@@H](OC(=O)CCN(CC)CC)[C@H](C)[C@@H](O[C@@H]2O[C@H](C)C[C@H](N(C)C)[C@@H]2O)[C@](C)(O)C[C@@H](C)CN(C)[C@H](C)[C@@H](O)[C@]1(C)O. The monoisotopic (exact) mass is 718 g/mol. The fraction of sp³-hybridized carbons (Fsp3) is 0.946. The van der Waals surface area contributed by atoms with Crippen LogP contribution in [0.4, 0.5) is 0 Å². The molecule has 4 N–H and O–H groups in total. The summed E-state index contributed by atoms with van der Waals surface area (Å²) in [5.41, 5.74) is -3.36. The Balaban J connectivity index is 2.69. The molecular formula is C37H71N3O10. The molecule has 2 aliphatic heterocycles. The first-order chi connectivity index (χ1) is 23.1. The van der Waals surface area contributed by atoms with Gasteiger partial charge in [-0.15, -0.1) is 0 Å². The molecule has 294 valence electrons. The highest BCUT2D eigenvalue weighted by Crippen LogP contribution is 2.37. The molecular weight excluding hydrogens is 646 g/mol. The average molecular weight is 718 g/mol. The van der Waals surface area contributed by atoms with E-state index in [1.165, 1.54) is 6.92 Å². The Hall–Kier alpha value is -1.42. The second kappa shape index (κ2) is 19.1. The number of likely N-dealkylation sites (N-methyl/N-ethyl adjacent to an activating group) is 2. The minimum atomic E-state index is -1.80. The Bertz CT molecular complexity index is 1060. The van der Waals surface area contributed by atoms with E-state index in [1.807, 2.05) is 58.6 Å². The molecule has 13 nitrogen and oxygen atoms in total. The van der Waals surface area contributed by atoms with Crippen molar-refractivity contribution in [2.45, 2.75) is 161 Å². The van der Waals surface area contributed by atoms with Crippen LogP contribution in [0, 0.1) is 17.8 Å². The lowest BCUT2D eigenvalue weighted by molar-refractivity contribution is -0.299. The molecule has 13 heteroatoms. The first kappa shape index (κ1) is 44.7. The summed E-state index contributed by atoms with van der Waals surface area (Å²) >= 11 is 0. The predicted octanol–water partition coefficient (Wildman–Crippen LogP) is 2.26. The molecule has 0 aromatic heterocycles. The van der Waals surface area contributed by atoms with Crippen LogP contribution in [0.25, 0.3) is 0 Å². The van der Waals surface area contributed by atoms with Crippen LogP contribution in [0.3, 0.4) is 0 Å². The van der Waals surface area contributed by atoms with E-state index in [9.17, 15) is 30.0 Å². The zero-order valence-electron chi connectivity index (χ0n) is 33.2. The molecule has 0 bridgehead atoms. The first-order valence-corrected chi connectivity index (χ1v) is 18.7. The second-order valence-corrected chi connectivity index (χ2v) is 15.9. The number of hydrogen-bond acceptors (Lipinski definition) is 13. The van der Waals surface area contributed by atoms with E-state index in [0.717, 1.165) is 13.1 Å². The molecule has 0 radical (unpaired) electrons. The van der Waals surface area contributed by atoms with Gasteiger partial charge < -0.3 is 54.1 Å². The van der Waals surface area contributed by atoms with Crippen molar-refractivity contribution in [2.75, 3.05) is 47.3 Å². The lowest BCUT2D eigenvalue weighted by Crippen LogP contribution is -2.59. The summed E-state index contributed by atoms with van der Waals surface area (Å²) in [7, 11) is 5.59. The van der Waals surface area contributed by atoms with E-state index in [4.69, 9.17) is 18.9 Å². The number of aliphatic hydroxyl groups excluding tert-OH is 2. The van der Waals surface area contributed by atoms with Crippen LogP contribution in [-0.4, -0.2) is 161 Å². The Labute approximate surface area is 301 Å². The highest BCUT2D eigenvalue weighted by atomic mass is 16.7. The van der Waals surface area contributed by atoms with Gasteiger partial charge in [0, 0.05) is 31.1 Å². The topological polar surface area (TPSA) is 162 Å². The zero-order chi connectivity index (χ0) is 38.3. The maximum atomic E-state index is 14.0. The number of carbonyl (C=O) groups is 2. The molecule has 14 atom stereocenters. The molecule has 50 heavy (non-hydrogen) atoms. The van der Waals surface area contributed by atoms with E-state index in [1.54, 1.807) is 34.6 Å². The van der Waals surface area contributed by atoms with Crippen molar-refractivity contribution in [3.63, 3.8) is 0 Å². The number of aliphatic hydroxyl groups is 4. The standard InChI is InChI=1S/C37H71N3O10/c1-14-28-37(10,46)32(43)26(8)39(13)21-22(4)20-36(9,45)33(50-35-30(42)27(38(11)12)19-23(5)47-35)24(6)31(25(7)34(44)48-28)49-29(41)17-18-40(15-2)16-3/h22-28,30-33,35,42-43,45-46H,14-21H2,1-13H3/t22-,23-,24+,25-,26-,27+,28-,30+,31+,32-,33-,35+,36-,37-/m1/s1. The van der Waals surface area contributed by atoms with Gasteiger partial charge in [0.25, 0.3) is 0 Å². The molecule has 2 aliphatic rings. The average Bonchev–Trinajstić information content (AvgIpc) is 3.03. The number of hydrogen-bond donors (Lipinski definition) is 4. The van der Waals surface area contributed by atoms with Crippen LogP contribution in [0.5, 0.6) is 0 Å². The molecule has 0 spiro atoms. The summed E-state index contributed by atoms with van der Waals surface area (Å²) in [5, 5.41) is 46.8. The van der Waals surface area contributed by atoms with E-state index >= 15 is 0 Å². The van der Waals surface area contributed by atoms with Crippen molar-refractivity contribution in [1.29, 1.82) is 0 Å². The van der Waals surface area contributed by atoms with E-state index in [0.29, 0.717) is 19.5 Å². The van der Waals surface area contributed by atoms with Gasteiger partial charge >= 0.3 is 11.9 Å². The lowest BCUT2D eigenvalue weighted by atomic mass is 9.77. The van der Waals surface area contributed by atoms with Crippen molar-refractivity contribution in [3.8, 4) is 0 Å². The van der Waals surface area contributed by atoms with Gasteiger partial charge in [-0.2, -0.15) is 0 Å². The first-order valence-electron chi connectivity index (χ1n) is 18.7. The molecule has 0 aromatic carbocycles. The van der Waals surface area contributed by atoms with Gasteiger partial charge in [0.1, 0.15) is 30.0 Å². The quantitative estimate of drug-likeness (QED) is 0.244. The number of rotatable bonds is 10. The molecule has 2 saturated heterocycles. The van der Waals surface area contributed by atoms with Gasteiger partial charge in [0.15, 0.2) is 6.29 Å². The summed E-state index contributed by atoms with van der Waals surface area (Å²) < 4.78 is 24.9. The van der Waals surface area contributed by atoms with Gasteiger partial charge in [0.2, 0.25) is 0 Å². The maximum Gasteiger partial charge on any atom is 0.312 e. The summed E-state index contributed by atoms with van der Waals surface area (Å²) in [4.78, 5) is 33.4. The minimum Gasteiger partial charge on any atom is -0.461 e.